The van der Waals surface area contributed by atoms with Crippen LogP contribution in [0.5, 0.6) is 0 Å². The lowest BCUT2D eigenvalue weighted by Gasteiger charge is -2.33. The Morgan fingerprint density at radius 3 is 3.07 bits per heavy atom. The molecule has 4 rings (SSSR count). The van der Waals surface area contributed by atoms with Crippen molar-refractivity contribution in [3.8, 4) is 0 Å². The Bertz CT molecular complexity index is 923. The standard InChI is InChI=1S/C20H24N6O/c1-25-19-7-6-17(10-16(19)12-22-25)23-20(27)24-18-5-3-9-26(14-18)13-15-4-2-8-21-11-15/h2,4,6-8,10-12,18H,3,5,9,13-14H2,1H3,(H2,23,24,27). The number of fused-ring (bicyclic) bond motifs is 1. The number of urea groups is 1. The number of aryl methyl sites for hydroxylation is 1. The average molecular weight is 364 g/mol. The molecule has 0 radical (unpaired) electrons. The fourth-order valence-corrected chi connectivity index (χ4v) is 3.66. The van der Waals surface area contributed by atoms with Gasteiger partial charge in [-0.25, -0.2) is 4.79 Å². The van der Waals surface area contributed by atoms with E-state index in [1.54, 1.807) is 12.4 Å². The number of piperidine rings is 1. The molecule has 2 aromatic heterocycles. The van der Waals surface area contributed by atoms with Crippen LogP contribution < -0.4 is 10.6 Å². The van der Waals surface area contributed by atoms with Gasteiger partial charge in [-0.3, -0.25) is 14.6 Å². The van der Waals surface area contributed by atoms with Gasteiger partial charge in [0.1, 0.15) is 0 Å². The van der Waals surface area contributed by atoms with E-state index in [0.717, 1.165) is 49.1 Å². The summed E-state index contributed by atoms with van der Waals surface area (Å²) in [6.45, 7) is 2.77. The van der Waals surface area contributed by atoms with Crippen LogP contribution in [0.4, 0.5) is 10.5 Å². The summed E-state index contributed by atoms with van der Waals surface area (Å²) < 4.78 is 1.82. The Balaban J connectivity index is 1.32. The lowest BCUT2D eigenvalue weighted by Crippen LogP contribution is -2.48. The molecular formula is C20H24N6O. The minimum Gasteiger partial charge on any atom is -0.334 e. The van der Waals surface area contributed by atoms with Gasteiger partial charge in [-0.15, -0.1) is 0 Å². The first-order valence-electron chi connectivity index (χ1n) is 9.28. The van der Waals surface area contributed by atoms with Crippen molar-refractivity contribution < 1.29 is 4.79 Å². The molecule has 140 valence electrons. The van der Waals surface area contributed by atoms with Crippen LogP contribution in [-0.4, -0.2) is 44.8 Å². The molecule has 0 saturated carbocycles. The zero-order chi connectivity index (χ0) is 18.6. The SMILES string of the molecule is Cn1ncc2cc(NC(=O)NC3CCCN(Cc4cccnc4)C3)ccc21. The molecule has 2 N–H and O–H groups in total. The third kappa shape index (κ3) is 4.25. The number of carbonyl (C=O) groups excluding carboxylic acids is 1. The summed E-state index contributed by atoms with van der Waals surface area (Å²) >= 11 is 0. The van der Waals surface area contributed by atoms with Gasteiger partial charge >= 0.3 is 6.03 Å². The number of benzene rings is 1. The molecule has 0 spiro atoms. The number of pyridine rings is 1. The van der Waals surface area contributed by atoms with E-state index in [4.69, 9.17) is 0 Å². The van der Waals surface area contributed by atoms with Gasteiger partial charge in [0.2, 0.25) is 0 Å². The molecular weight excluding hydrogens is 340 g/mol. The second-order valence-corrected chi connectivity index (χ2v) is 7.08. The summed E-state index contributed by atoms with van der Waals surface area (Å²) in [6, 6.07) is 9.85. The highest BCUT2D eigenvalue weighted by atomic mass is 16.2. The van der Waals surface area contributed by atoms with Crippen molar-refractivity contribution in [2.24, 2.45) is 7.05 Å². The molecule has 1 fully saturated rings. The van der Waals surface area contributed by atoms with E-state index in [-0.39, 0.29) is 12.1 Å². The number of rotatable bonds is 4. The third-order valence-corrected chi connectivity index (χ3v) is 4.97. The molecule has 0 bridgehead atoms. The van der Waals surface area contributed by atoms with Crippen LogP contribution >= 0.6 is 0 Å². The van der Waals surface area contributed by atoms with E-state index in [0.29, 0.717) is 0 Å². The molecule has 1 aliphatic heterocycles. The quantitative estimate of drug-likeness (QED) is 0.746. The topological polar surface area (TPSA) is 75.1 Å². The molecule has 1 atom stereocenters. The molecule has 1 saturated heterocycles. The zero-order valence-corrected chi connectivity index (χ0v) is 15.4. The third-order valence-electron chi connectivity index (χ3n) is 4.97. The fourth-order valence-electron chi connectivity index (χ4n) is 3.66. The van der Waals surface area contributed by atoms with Crippen molar-refractivity contribution in [3.05, 3.63) is 54.5 Å². The predicted octanol–water partition coefficient (Wildman–Crippen LogP) is 2.75. The summed E-state index contributed by atoms with van der Waals surface area (Å²) in [4.78, 5) is 19.0. The number of hydrogen-bond acceptors (Lipinski definition) is 4. The number of hydrogen-bond donors (Lipinski definition) is 2. The number of likely N-dealkylation sites (tertiary alicyclic amines) is 1. The van der Waals surface area contributed by atoms with E-state index in [1.807, 2.05) is 42.2 Å². The summed E-state index contributed by atoms with van der Waals surface area (Å²) in [6.07, 6.45) is 7.57. The highest BCUT2D eigenvalue weighted by Crippen LogP contribution is 2.18. The van der Waals surface area contributed by atoms with E-state index >= 15 is 0 Å². The highest BCUT2D eigenvalue weighted by Gasteiger charge is 2.21. The van der Waals surface area contributed by atoms with Crippen molar-refractivity contribution in [3.63, 3.8) is 0 Å². The Labute approximate surface area is 158 Å². The van der Waals surface area contributed by atoms with Gasteiger partial charge < -0.3 is 10.6 Å². The molecule has 7 heteroatoms. The smallest absolute Gasteiger partial charge is 0.319 e. The average Bonchev–Trinajstić information content (AvgIpc) is 3.03. The highest BCUT2D eigenvalue weighted by molar-refractivity contribution is 5.92. The maximum atomic E-state index is 12.4. The Kier molecular flexibility index (Phi) is 5.02. The van der Waals surface area contributed by atoms with Gasteiger partial charge in [0, 0.05) is 49.6 Å². The molecule has 3 aromatic rings. The van der Waals surface area contributed by atoms with E-state index < -0.39 is 0 Å². The zero-order valence-electron chi connectivity index (χ0n) is 15.4. The van der Waals surface area contributed by atoms with Gasteiger partial charge in [-0.1, -0.05) is 6.07 Å². The van der Waals surface area contributed by atoms with E-state index in [9.17, 15) is 4.79 Å². The number of carbonyl (C=O) groups is 1. The maximum absolute atomic E-state index is 12.4. The number of amides is 2. The first-order chi connectivity index (χ1) is 13.2. The Morgan fingerprint density at radius 1 is 1.30 bits per heavy atom. The van der Waals surface area contributed by atoms with Crippen molar-refractivity contribution in [1.29, 1.82) is 0 Å². The summed E-state index contributed by atoms with van der Waals surface area (Å²) in [5.74, 6) is 0. The molecule has 1 aromatic carbocycles. The Hall–Kier alpha value is -2.93. The van der Waals surface area contributed by atoms with E-state index in [1.165, 1.54) is 5.56 Å². The largest absolute Gasteiger partial charge is 0.334 e. The molecule has 1 aliphatic rings. The van der Waals surface area contributed by atoms with Crippen LogP contribution in [0.1, 0.15) is 18.4 Å². The van der Waals surface area contributed by atoms with Gasteiger partial charge in [-0.2, -0.15) is 5.10 Å². The Morgan fingerprint density at radius 2 is 2.22 bits per heavy atom. The summed E-state index contributed by atoms with van der Waals surface area (Å²) in [7, 11) is 1.91. The molecule has 0 aliphatic carbocycles. The predicted molar refractivity (Wildman–Crippen MR) is 105 cm³/mol. The first kappa shape index (κ1) is 17.5. The maximum Gasteiger partial charge on any atom is 0.319 e. The van der Waals surface area contributed by atoms with Crippen molar-refractivity contribution >= 4 is 22.6 Å². The second kappa shape index (κ2) is 7.75. The molecule has 1 unspecified atom stereocenters. The second-order valence-electron chi connectivity index (χ2n) is 7.08. The van der Waals surface area contributed by atoms with Crippen LogP contribution in [-0.2, 0) is 13.6 Å². The number of nitrogens with one attached hydrogen (secondary N) is 2. The van der Waals surface area contributed by atoms with Crippen molar-refractivity contribution in [1.82, 2.24) is 25.0 Å². The van der Waals surface area contributed by atoms with Crippen LogP contribution in [0.2, 0.25) is 0 Å². The minimum atomic E-state index is -0.161. The number of anilines is 1. The van der Waals surface area contributed by atoms with E-state index in [2.05, 4.69) is 31.7 Å². The van der Waals surface area contributed by atoms with Crippen molar-refractivity contribution in [2.75, 3.05) is 18.4 Å². The lowest BCUT2D eigenvalue weighted by molar-refractivity contribution is 0.183. The molecule has 2 amide bonds. The lowest BCUT2D eigenvalue weighted by atomic mass is 10.1. The van der Waals surface area contributed by atoms with Gasteiger partial charge in [-0.05, 0) is 49.2 Å². The fraction of sp³-hybridized carbons (Fsp3) is 0.350. The first-order valence-corrected chi connectivity index (χ1v) is 9.28. The normalized spacial score (nSPS) is 17.7. The van der Waals surface area contributed by atoms with Crippen LogP contribution in [0.3, 0.4) is 0 Å². The van der Waals surface area contributed by atoms with Crippen LogP contribution in [0, 0.1) is 0 Å². The molecule has 27 heavy (non-hydrogen) atoms. The van der Waals surface area contributed by atoms with Gasteiger partial charge in [0.05, 0.1) is 11.7 Å². The number of aromatic nitrogens is 3. The number of nitrogens with zero attached hydrogens (tertiary/aromatic N) is 4. The summed E-state index contributed by atoms with van der Waals surface area (Å²) in [5.41, 5.74) is 3.02. The van der Waals surface area contributed by atoms with Gasteiger partial charge in [0.25, 0.3) is 0 Å². The van der Waals surface area contributed by atoms with Crippen molar-refractivity contribution in [2.45, 2.75) is 25.4 Å². The summed E-state index contributed by atoms with van der Waals surface area (Å²) in [5, 5.41) is 11.3. The minimum absolute atomic E-state index is 0.151. The van der Waals surface area contributed by atoms with Gasteiger partial charge in [0.15, 0.2) is 0 Å². The van der Waals surface area contributed by atoms with Crippen LogP contribution in [0.25, 0.3) is 10.9 Å². The molecule has 3 heterocycles. The molecule has 7 nitrogen and oxygen atoms in total. The van der Waals surface area contributed by atoms with Crippen LogP contribution in [0.15, 0.2) is 48.9 Å². The monoisotopic (exact) mass is 364 g/mol.